The fourth-order valence-electron chi connectivity index (χ4n) is 3.43. The molecule has 6 nitrogen and oxygen atoms in total. The molecular weight excluding hydrogens is 432 g/mol. The van der Waals surface area contributed by atoms with Gasteiger partial charge in [0.2, 0.25) is 10.0 Å². The van der Waals surface area contributed by atoms with Crippen LogP contribution in [0.4, 0.5) is 11.4 Å². The molecule has 1 heterocycles. The smallest absolute Gasteiger partial charge is 0.240 e. The standard InChI is InChI=1S/C26H32N4O2S/c1-3-30(4-2)19-7-16-28-33(31,32)26-11-6-10-25(21-26)29-24-9-5-8-23(20-24)13-12-22-14-17-27-18-15-22/h5-6,8-15,17-18,20-21,28-29H,3-4,7,16,19H2,1-2H3/b13-12+. The van der Waals surface area contributed by atoms with Crippen LogP contribution < -0.4 is 10.0 Å². The molecule has 0 saturated heterocycles. The van der Waals surface area contributed by atoms with Crippen molar-refractivity contribution >= 4 is 33.6 Å². The summed E-state index contributed by atoms with van der Waals surface area (Å²) in [4.78, 5) is 6.56. The molecule has 0 fully saturated rings. The molecule has 0 amide bonds. The second kappa shape index (κ2) is 12.3. The lowest BCUT2D eigenvalue weighted by molar-refractivity contribution is 0.300. The van der Waals surface area contributed by atoms with E-state index in [1.165, 1.54) is 0 Å². The number of benzene rings is 2. The van der Waals surface area contributed by atoms with E-state index >= 15 is 0 Å². The fourth-order valence-corrected chi connectivity index (χ4v) is 4.55. The number of pyridine rings is 1. The van der Waals surface area contributed by atoms with Gasteiger partial charge in [-0.2, -0.15) is 0 Å². The Balaban J connectivity index is 1.63. The molecule has 7 heteroatoms. The molecule has 0 aliphatic carbocycles. The summed E-state index contributed by atoms with van der Waals surface area (Å²) < 4.78 is 28.2. The zero-order chi connectivity index (χ0) is 23.5. The second-order valence-corrected chi connectivity index (χ2v) is 9.44. The van der Waals surface area contributed by atoms with Crippen LogP contribution in [0.3, 0.4) is 0 Å². The van der Waals surface area contributed by atoms with Gasteiger partial charge >= 0.3 is 0 Å². The summed E-state index contributed by atoms with van der Waals surface area (Å²) in [6, 6.07) is 18.7. The highest BCUT2D eigenvalue weighted by Gasteiger charge is 2.14. The Morgan fingerprint density at radius 3 is 2.27 bits per heavy atom. The van der Waals surface area contributed by atoms with Crippen molar-refractivity contribution in [2.45, 2.75) is 25.2 Å². The third-order valence-corrected chi connectivity index (χ3v) is 6.79. The minimum atomic E-state index is -3.56. The van der Waals surface area contributed by atoms with Crippen molar-refractivity contribution in [3.8, 4) is 0 Å². The monoisotopic (exact) mass is 464 g/mol. The van der Waals surface area contributed by atoms with Crippen molar-refractivity contribution in [2.24, 2.45) is 0 Å². The predicted octanol–water partition coefficient (Wildman–Crippen LogP) is 5.01. The topological polar surface area (TPSA) is 74.3 Å². The molecule has 0 unspecified atom stereocenters. The Bertz CT molecular complexity index is 1140. The molecule has 0 aliphatic rings. The zero-order valence-corrected chi connectivity index (χ0v) is 20.1. The summed E-state index contributed by atoms with van der Waals surface area (Å²) in [6.07, 6.45) is 8.36. The van der Waals surface area contributed by atoms with E-state index in [2.05, 4.69) is 33.8 Å². The summed E-state index contributed by atoms with van der Waals surface area (Å²) in [5.74, 6) is 0. The van der Waals surface area contributed by atoms with Gasteiger partial charge in [-0.25, -0.2) is 13.1 Å². The molecule has 1 aromatic heterocycles. The van der Waals surface area contributed by atoms with Gasteiger partial charge in [0.05, 0.1) is 4.90 Å². The maximum absolute atomic E-state index is 12.7. The van der Waals surface area contributed by atoms with Crippen LogP contribution in [-0.4, -0.2) is 44.5 Å². The van der Waals surface area contributed by atoms with Crippen molar-refractivity contribution in [2.75, 3.05) is 31.5 Å². The number of sulfonamides is 1. The van der Waals surface area contributed by atoms with Gasteiger partial charge in [0.15, 0.2) is 0 Å². The maximum Gasteiger partial charge on any atom is 0.240 e. The van der Waals surface area contributed by atoms with Crippen LogP contribution in [0.2, 0.25) is 0 Å². The third kappa shape index (κ3) is 7.82. The number of anilines is 2. The van der Waals surface area contributed by atoms with Gasteiger partial charge < -0.3 is 10.2 Å². The van der Waals surface area contributed by atoms with E-state index in [9.17, 15) is 8.42 Å². The Labute approximate surface area is 197 Å². The number of rotatable bonds is 12. The minimum Gasteiger partial charge on any atom is -0.355 e. The highest BCUT2D eigenvalue weighted by atomic mass is 32.2. The molecule has 174 valence electrons. The molecule has 3 aromatic rings. The van der Waals surface area contributed by atoms with E-state index in [1.807, 2.05) is 54.6 Å². The van der Waals surface area contributed by atoms with Crippen molar-refractivity contribution in [3.63, 3.8) is 0 Å². The first-order chi connectivity index (χ1) is 16.0. The molecule has 0 aliphatic heterocycles. The van der Waals surface area contributed by atoms with Gasteiger partial charge in [-0.1, -0.05) is 44.2 Å². The van der Waals surface area contributed by atoms with Crippen molar-refractivity contribution in [1.82, 2.24) is 14.6 Å². The molecule has 3 rings (SSSR count). The van der Waals surface area contributed by atoms with Crippen molar-refractivity contribution in [1.29, 1.82) is 0 Å². The van der Waals surface area contributed by atoms with Crippen LogP contribution in [0.1, 0.15) is 31.4 Å². The number of aromatic nitrogens is 1. The first-order valence-electron chi connectivity index (χ1n) is 11.3. The normalized spacial score (nSPS) is 11.8. The number of nitrogens with zero attached hydrogens (tertiary/aromatic N) is 2. The summed E-state index contributed by atoms with van der Waals surface area (Å²) in [5.41, 5.74) is 3.71. The molecule has 0 radical (unpaired) electrons. The number of nitrogens with one attached hydrogen (secondary N) is 2. The largest absolute Gasteiger partial charge is 0.355 e. The van der Waals surface area contributed by atoms with E-state index in [4.69, 9.17) is 0 Å². The summed E-state index contributed by atoms with van der Waals surface area (Å²) in [6.45, 7) is 7.46. The number of hydrogen-bond acceptors (Lipinski definition) is 5. The van der Waals surface area contributed by atoms with Crippen LogP contribution in [-0.2, 0) is 10.0 Å². The van der Waals surface area contributed by atoms with Crippen LogP contribution in [0.25, 0.3) is 12.2 Å². The average Bonchev–Trinajstić information content (AvgIpc) is 2.84. The average molecular weight is 465 g/mol. The van der Waals surface area contributed by atoms with Crippen molar-refractivity contribution < 1.29 is 8.42 Å². The molecule has 0 saturated carbocycles. The first-order valence-corrected chi connectivity index (χ1v) is 12.8. The molecule has 0 spiro atoms. The lowest BCUT2D eigenvalue weighted by Crippen LogP contribution is -2.30. The highest BCUT2D eigenvalue weighted by Crippen LogP contribution is 2.21. The first kappa shape index (κ1) is 24.6. The lowest BCUT2D eigenvalue weighted by atomic mass is 10.1. The fraction of sp³-hybridized carbons (Fsp3) is 0.269. The van der Waals surface area contributed by atoms with Gasteiger partial charge in [0, 0.05) is 30.3 Å². The Kier molecular flexibility index (Phi) is 9.18. The van der Waals surface area contributed by atoms with Crippen LogP contribution in [0.5, 0.6) is 0 Å². The Morgan fingerprint density at radius 1 is 0.879 bits per heavy atom. The quantitative estimate of drug-likeness (QED) is 0.369. The second-order valence-electron chi connectivity index (χ2n) is 7.67. The Morgan fingerprint density at radius 2 is 1.55 bits per heavy atom. The molecule has 0 bridgehead atoms. The Hall–Kier alpha value is -3.00. The van der Waals surface area contributed by atoms with E-state index in [-0.39, 0.29) is 4.90 Å². The van der Waals surface area contributed by atoms with Crippen LogP contribution >= 0.6 is 0 Å². The van der Waals surface area contributed by atoms with Crippen molar-refractivity contribution in [3.05, 3.63) is 84.2 Å². The summed E-state index contributed by atoms with van der Waals surface area (Å²) >= 11 is 0. The van der Waals surface area contributed by atoms with E-state index in [1.54, 1.807) is 30.6 Å². The SMILES string of the molecule is CCN(CC)CCCNS(=O)(=O)c1cccc(Nc2cccc(/C=C/c3ccncc3)c2)c1. The van der Waals surface area contributed by atoms with E-state index < -0.39 is 10.0 Å². The highest BCUT2D eigenvalue weighted by molar-refractivity contribution is 7.89. The summed E-state index contributed by atoms with van der Waals surface area (Å²) in [7, 11) is -3.56. The molecular formula is C26H32N4O2S. The maximum atomic E-state index is 12.7. The predicted molar refractivity (Wildman–Crippen MR) is 137 cm³/mol. The minimum absolute atomic E-state index is 0.254. The van der Waals surface area contributed by atoms with Gasteiger partial charge in [-0.05, 0) is 79.6 Å². The van der Waals surface area contributed by atoms with Gasteiger partial charge in [-0.3, -0.25) is 4.98 Å². The molecule has 2 N–H and O–H groups in total. The van der Waals surface area contributed by atoms with E-state index in [0.29, 0.717) is 6.54 Å². The van der Waals surface area contributed by atoms with Gasteiger partial charge in [0.1, 0.15) is 0 Å². The van der Waals surface area contributed by atoms with E-state index in [0.717, 1.165) is 48.6 Å². The van der Waals surface area contributed by atoms with Crippen LogP contribution in [0.15, 0.2) is 78.0 Å². The van der Waals surface area contributed by atoms with Crippen LogP contribution in [0, 0.1) is 0 Å². The number of hydrogen-bond donors (Lipinski definition) is 2. The molecule has 0 atom stereocenters. The molecule has 2 aromatic carbocycles. The summed E-state index contributed by atoms with van der Waals surface area (Å²) in [5, 5.41) is 3.31. The zero-order valence-electron chi connectivity index (χ0n) is 19.2. The lowest BCUT2D eigenvalue weighted by Gasteiger charge is -2.17. The third-order valence-electron chi connectivity index (χ3n) is 5.33. The van der Waals surface area contributed by atoms with Gasteiger partial charge in [-0.15, -0.1) is 0 Å². The molecule has 33 heavy (non-hydrogen) atoms. The van der Waals surface area contributed by atoms with Gasteiger partial charge in [0.25, 0.3) is 0 Å².